The Morgan fingerprint density at radius 3 is 3.07 bits per heavy atom. The third-order valence-corrected chi connectivity index (χ3v) is 3.85. The summed E-state index contributed by atoms with van der Waals surface area (Å²) in [6.45, 7) is 0.923. The fourth-order valence-electron chi connectivity index (χ4n) is 1.31. The molecule has 0 amide bonds. The lowest BCUT2D eigenvalue weighted by molar-refractivity contribution is 0.922. The van der Waals surface area contributed by atoms with Crippen molar-refractivity contribution in [2.24, 2.45) is 0 Å². The van der Waals surface area contributed by atoms with Crippen LogP contribution >= 0.6 is 22.7 Å². The lowest BCUT2D eigenvalue weighted by Gasteiger charge is -1.88. The molecule has 1 nitrogen and oxygen atoms in total. The van der Waals surface area contributed by atoms with E-state index in [9.17, 15) is 0 Å². The van der Waals surface area contributed by atoms with Crippen molar-refractivity contribution >= 4 is 28.7 Å². The van der Waals surface area contributed by atoms with Crippen molar-refractivity contribution in [3.63, 3.8) is 0 Å². The first-order chi connectivity index (χ1) is 7.40. The summed E-state index contributed by atoms with van der Waals surface area (Å²) in [6, 6.07) is 6.49. The summed E-state index contributed by atoms with van der Waals surface area (Å²) >= 11 is 3.58. The van der Waals surface area contributed by atoms with E-state index >= 15 is 0 Å². The molecule has 1 N–H and O–H groups in total. The van der Waals surface area contributed by atoms with Gasteiger partial charge in [-0.3, -0.25) is 0 Å². The molecule has 0 aromatic carbocycles. The van der Waals surface area contributed by atoms with Gasteiger partial charge < -0.3 is 5.32 Å². The van der Waals surface area contributed by atoms with E-state index in [1.165, 1.54) is 15.3 Å². The van der Waals surface area contributed by atoms with E-state index in [-0.39, 0.29) is 0 Å². The summed E-state index contributed by atoms with van der Waals surface area (Å²) < 4.78 is 0. The predicted octanol–water partition coefficient (Wildman–Crippen LogP) is 3.71. The Labute approximate surface area is 98.1 Å². The van der Waals surface area contributed by atoms with E-state index in [1.807, 2.05) is 7.05 Å². The highest BCUT2D eigenvalue weighted by molar-refractivity contribution is 7.15. The maximum absolute atomic E-state index is 3.09. The van der Waals surface area contributed by atoms with Gasteiger partial charge in [-0.25, -0.2) is 0 Å². The lowest BCUT2D eigenvalue weighted by atomic mass is 10.2. The second-order valence-electron chi connectivity index (χ2n) is 3.18. The molecule has 0 atom stereocenters. The van der Waals surface area contributed by atoms with Crippen LogP contribution in [0.15, 0.2) is 35.0 Å². The van der Waals surface area contributed by atoms with Crippen LogP contribution in [-0.4, -0.2) is 13.6 Å². The van der Waals surface area contributed by atoms with Crippen molar-refractivity contribution in [3.05, 3.63) is 39.9 Å². The Hall–Kier alpha value is -0.900. The molecule has 0 radical (unpaired) electrons. The largest absolute Gasteiger partial charge is 0.316 e. The van der Waals surface area contributed by atoms with E-state index in [1.54, 1.807) is 22.7 Å². The maximum Gasteiger partial charge on any atom is 0.0351 e. The highest BCUT2D eigenvalue weighted by atomic mass is 32.1. The Morgan fingerprint density at radius 1 is 1.40 bits per heavy atom. The molecule has 2 aromatic rings. The van der Waals surface area contributed by atoms with Crippen LogP contribution in [0.5, 0.6) is 0 Å². The van der Waals surface area contributed by atoms with Crippen LogP contribution in [0.25, 0.3) is 16.5 Å². The molecule has 78 valence electrons. The molecule has 0 saturated carbocycles. The first-order valence-electron chi connectivity index (χ1n) is 4.83. The van der Waals surface area contributed by atoms with Crippen LogP contribution < -0.4 is 5.32 Å². The van der Waals surface area contributed by atoms with E-state index in [0.717, 1.165) is 6.54 Å². The highest BCUT2D eigenvalue weighted by Crippen LogP contribution is 2.29. The average Bonchev–Trinajstić information content (AvgIpc) is 2.87. The molecule has 2 aromatic heterocycles. The summed E-state index contributed by atoms with van der Waals surface area (Å²) in [6.07, 6.45) is 4.31. The van der Waals surface area contributed by atoms with Crippen LogP contribution in [0.1, 0.15) is 4.88 Å². The summed E-state index contributed by atoms with van der Waals surface area (Å²) in [5.41, 5.74) is 1.33. The normalized spacial score (nSPS) is 11.3. The van der Waals surface area contributed by atoms with Crippen LogP contribution in [0, 0.1) is 0 Å². The van der Waals surface area contributed by atoms with Crippen LogP contribution in [0.3, 0.4) is 0 Å². The molecule has 2 rings (SSSR count). The highest BCUT2D eigenvalue weighted by Gasteiger charge is 2.00. The Bertz CT molecular complexity index is 426. The molecule has 0 aliphatic rings. The third kappa shape index (κ3) is 2.78. The molecule has 0 bridgehead atoms. The fourth-order valence-corrected chi connectivity index (χ4v) is 2.92. The minimum absolute atomic E-state index is 0.923. The topological polar surface area (TPSA) is 12.0 Å². The van der Waals surface area contributed by atoms with Crippen LogP contribution in [-0.2, 0) is 0 Å². The van der Waals surface area contributed by atoms with Crippen molar-refractivity contribution in [3.8, 4) is 10.4 Å². The van der Waals surface area contributed by atoms with Gasteiger partial charge >= 0.3 is 0 Å². The van der Waals surface area contributed by atoms with Gasteiger partial charge in [0.25, 0.3) is 0 Å². The minimum Gasteiger partial charge on any atom is -0.316 e. The second kappa shape index (κ2) is 5.26. The van der Waals surface area contributed by atoms with E-state index < -0.39 is 0 Å². The quantitative estimate of drug-likeness (QED) is 0.852. The van der Waals surface area contributed by atoms with Crippen LogP contribution in [0.4, 0.5) is 0 Å². The van der Waals surface area contributed by atoms with Crippen molar-refractivity contribution in [1.29, 1.82) is 0 Å². The zero-order chi connectivity index (χ0) is 10.5. The molecular weight excluding hydrogens is 222 g/mol. The lowest BCUT2D eigenvalue weighted by Crippen LogP contribution is -2.03. The van der Waals surface area contributed by atoms with E-state index in [4.69, 9.17) is 0 Å². The summed E-state index contributed by atoms with van der Waals surface area (Å²) in [5.74, 6) is 0. The number of rotatable bonds is 4. The molecule has 0 aliphatic heterocycles. The molecule has 0 spiro atoms. The molecule has 0 aliphatic carbocycles. The van der Waals surface area contributed by atoms with Crippen molar-refractivity contribution in [1.82, 2.24) is 5.32 Å². The van der Waals surface area contributed by atoms with Crippen molar-refractivity contribution in [2.75, 3.05) is 13.6 Å². The summed E-state index contributed by atoms with van der Waals surface area (Å²) in [5, 5.41) is 7.42. The second-order valence-corrected chi connectivity index (χ2v) is 5.07. The minimum atomic E-state index is 0.923. The molecule has 0 fully saturated rings. The van der Waals surface area contributed by atoms with Gasteiger partial charge in [0.15, 0.2) is 0 Å². The Kier molecular flexibility index (Phi) is 3.72. The monoisotopic (exact) mass is 235 g/mol. The molecule has 15 heavy (non-hydrogen) atoms. The van der Waals surface area contributed by atoms with Crippen molar-refractivity contribution in [2.45, 2.75) is 0 Å². The van der Waals surface area contributed by atoms with Gasteiger partial charge in [0, 0.05) is 21.9 Å². The smallest absolute Gasteiger partial charge is 0.0351 e. The molecular formula is C12H13NS2. The molecule has 0 saturated heterocycles. The molecule has 2 heterocycles. The van der Waals surface area contributed by atoms with Gasteiger partial charge in [-0.2, -0.15) is 0 Å². The zero-order valence-corrected chi connectivity index (χ0v) is 10.2. The number of thiophene rings is 2. The van der Waals surface area contributed by atoms with Gasteiger partial charge in [0.1, 0.15) is 0 Å². The van der Waals surface area contributed by atoms with Crippen molar-refractivity contribution < 1.29 is 0 Å². The van der Waals surface area contributed by atoms with Gasteiger partial charge in [-0.1, -0.05) is 12.1 Å². The first kappa shape index (κ1) is 10.6. The Morgan fingerprint density at radius 2 is 2.33 bits per heavy atom. The van der Waals surface area contributed by atoms with Gasteiger partial charge in [-0.05, 0) is 36.0 Å². The standard InChI is InChI=1S/C12H13NS2/c1-13-6-2-4-11-8-10(9-15-11)12-5-3-7-14-12/h2-5,7-9,13H,6H2,1H3. The number of nitrogens with one attached hydrogen (secondary N) is 1. The van der Waals surface area contributed by atoms with E-state index in [2.05, 4.69) is 46.4 Å². The fraction of sp³-hybridized carbons (Fsp3) is 0.167. The number of hydrogen-bond donors (Lipinski definition) is 1. The average molecular weight is 235 g/mol. The van der Waals surface area contributed by atoms with Crippen LogP contribution in [0.2, 0.25) is 0 Å². The van der Waals surface area contributed by atoms with Gasteiger partial charge in [0.2, 0.25) is 0 Å². The summed E-state index contributed by atoms with van der Waals surface area (Å²) in [7, 11) is 1.95. The number of likely N-dealkylation sites (N-methyl/N-ethyl adjacent to an activating group) is 1. The molecule has 0 unspecified atom stereocenters. The van der Waals surface area contributed by atoms with E-state index in [0.29, 0.717) is 0 Å². The van der Waals surface area contributed by atoms with Gasteiger partial charge in [-0.15, -0.1) is 22.7 Å². The third-order valence-electron chi connectivity index (χ3n) is 2.03. The van der Waals surface area contributed by atoms with Gasteiger partial charge in [0.05, 0.1) is 0 Å². The predicted molar refractivity (Wildman–Crippen MR) is 70.6 cm³/mol. The Balaban J connectivity index is 2.11. The zero-order valence-electron chi connectivity index (χ0n) is 8.57. The summed E-state index contributed by atoms with van der Waals surface area (Å²) in [4.78, 5) is 2.66. The first-order valence-corrected chi connectivity index (χ1v) is 6.59. The molecule has 3 heteroatoms. The maximum atomic E-state index is 3.09. The SMILES string of the molecule is CNCC=Cc1cc(-c2cccs2)cs1. The number of hydrogen-bond acceptors (Lipinski definition) is 3.